The maximum Gasteiger partial charge on any atom is 0.224 e. The Morgan fingerprint density at radius 3 is 2.65 bits per heavy atom. The molecule has 0 aliphatic carbocycles. The number of rotatable bonds is 2. The van der Waals surface area contributed by atoms with E-state index in [0.717, 1.165) is 22.8 Å². The molecule has 0 radical (unpaired) electrons. The van der Waals surface area contributed by atoms with Gasteiger partial charge in [0, 0.05) is 30.8 Å². The van der Waals surface area contributed by atoms with E-state index in [0.29, 0.717) is 0 Å². The molecule has 0 spiro atoms. The van der Waals surface area contributed by atoms with Crippen LogP contribution in [0.1, 0.15) is 38.1 Å². The number of aryl methyl sites for hydroxylation is 1. The number of aromatic nitrogens is 2. The quantitative estimate of drug-likeness (QED) is 0.924. The van der Waals surface area contributed by atoms with Crippen molar-refractivity contribution < 1.29 is 4.79 Å². The maximum atomic E-state index is 12.1. The van der Waals surface area contributed by atoms with Gasteiger partial charge in [0.1, 0.15) is 5.82 Å². The Balaban J connectivity index is 2.03. The van der Waals surface area contributed by atoms with Gasteiger partial charge in [-0.1, -0.05) is 25.1 Å². The number of para-hydroxylation sites is 1. The van der Waals surface area contributed by atoms with Gasteiger partial charge >= 0.3 is 0 Å². The molecule has 3 atom stereocenters. The van der Waals surface area contributed by atoms with Crippen molar-refractivity contribution in [2.45, 2.75) is 39.8 Å². The number of carbonyl (C=O) groups is 1. The number of nitrogens with one attached hydrogen (secondary N) is 1. The third-order valence-corrected chi connectivity index (χ3v) is 4.62. The third kappa shape index (κ3) is 2.79. The highest BCUT2D eigenvalue weighted by Crippen LogP contribution is 2.41. The molecule has 2 aromatic rings. The van der Waals surface area contributed by atoms with Gasteiger partial charge in [0.15, 0.2) is 0 Å². The molecular formula is C18H22N4O. The number of carbonyl (C=O) groups excluding carboxylic acids is 1. The van der Waals surface area contributed by atoms with Crippen LogP contribution in [0.2, 0.25) is 0 Å². The topological polar surface area (TPSA) is 58.1 Å². The summed E-state index contributed by atoms with van der Waals surface area (Å²) in [5, 5.41) is 3.51. The molecule has 1 aromatic carbocycles. The Hall–Kier alpha value is -2.43. The highest BCUT2D eigenvalue weighted by Gasteiger charge is 2.37. The van der Waals surface area contributed by atoms with Crippen LogP contribution >= 0.6 is 0 Å². The number of hydrogen-bond acceptors (Lipinski definition) is 4. The van der Waals surface area contributed by atoms with Crippen molar-refractivity contribution in [2.24, 2.45) is 5.92 Å². The first-order valence-electron chi connectivity index (χ1n) is 7.93. The molecule has 2 unspecified atom stereocenters. The van der Waals surface area contributed by atoms with Gasteiger partial charge in [-0.05, 0) is 25.5 Å². The molecule has 5 nitrogen and oxygen atoms in total. The third-order valence-electron chi connectivity index (χ3n) is 4.62. The second-order valence-corrected chi connectivity index (χ2v) is 6.22. The number of fused-ring (bicyclic) bond motifs is 1. The van der Waals surface area contributed by atoms with Crippen molar-refractivity contribution in [3.63, 3.8) is 0 Å². The molecular weight excluding hydrogens is 288 g/mol. The second-order valence-electron chi connectivity index (χ2n) is 6.22. The van der Waals surface area contributed by atoms with Crippen LogP contribution < -0.4 is 10.2 Å². The molecule has 23 heavy (non-hydrogen) atoms. The van der Waals surface area contributed by atoms with E-state index in [2.05, 4.69) is 35.2 Å². The van der Waals surface area contributed by atoms with Gasteiger partial charge in [-0.25, -0.2) is 4.98 Å². The van der Waals surface area contributed by atoms with Gasteiger partial charge in [0.25, 0.3) is 0 Å². The van der Waals surface area contributed by atoms with E-state index in [9.17, 15) is 4.79 Å². The molecule has 1 aliphatic heterocycles. The van der Waals surface area contributed by atoms with E-state index in [1.165, 1.54) is 0 Å². The normalized spacial score (nSPS) is 23.3. The first kappa shape index (κ1) is 15.5. The lowest BCUT2D eigenvalue weighted by Crippen LogP contribution is -2.48. The van der Waals surface area contributed by atoms with Gasteiger partial charge in [0.05, 0.1) is 17.9 Å². The summed E-state index contributed by atoms with van der Waals surface area (Å²) in [6, 6.07) is 8.27. The lowest BCUT2D eigenvalue weighted by molar-refractivity contribution is -0.117. The van der Waals surface area contributed by atoms with E-state index >= 15 is 0 Å². The molecule has 1 amide bonds. The van der Waals surface area contributed by atoms with Crippen LogP contribution in [0.5, 0.6) is 0 Å². The lowest BCUT2D eigenvalue weighted by atomic mass is 9.83. The molecule has 5 heteroatoms. The van der Waals surface area contributed by atoms with Crippen molar-refractivity contribution >= 4 is 17.4 Å². The van der Waals surface area contributed by atoms with Crippen LogP contribution in [-0.2, 0) is 4.79 Å². The Labute approximate surface area is 136 Å². The number of amides is 1. The zero-order chi connectivity index (χ0) is 16.6. The Morgan fingerprint density at radius 2 is 1.96 bits per heavy atom. The zero-order valence-electron chi connectivity index (χ0n) is 13.9. The van der Waals surface area contributed by atoms with Crippen LogP contribution in [0.3, 0.4) is 0 Å². The smallest absolute Gasteiger partial charge is 0.224 e. The number of nitrogens with zero attached hydrogens (tertiary/aromatic N) is 3. The monoisotopic (exact) mass is 310 g/mol. The first-order chi connectivity index (χ1) is 11.0. The van der Waals surface area contributed by atoms with Gasteiger partial charge in [0.2, 0.25) is 5.91 Å². The maximum absolute atomic E-state index is 12.1. The van der Waals surface area contributed by atoms with Crippen molar-refractivity contribution in [3.05, 3.63) is 47.9 Å². The SMILES string of the molecule is CC(=O)N1c2ccccc2C(Nc2cncc(C)n2)C(C)[C@@H]1C. The number of anilines is 2. The van der Waals surface area contributed by atoms with Crippen LogP contribution in [0.15, 0.2) is 36.7 Å². The van der Waals surface area contributed by atoms with Crippen molar-refractivity contribution in [2.75, 3.05) is 10.2 Å². The number of hydrogen-bond donors (Lipinski definition) is 1. The molecule has 1 N–H and O–H groups in total. The van der Waals surface area contributed by atoms with Crippen LogP contribution in [0.4, 0.5) is 11.5 Å². The predicted molar refractivity (Wildman–Crippen MR) is 91.4 cm³/mol. The van der Waals surface area contributed by atoms with Crippen molar-refractivity contribution in [3.8, 4) is 0 Å². The molecule has 0 bridgehead atoms. The highest BCUT2D eigenvalue weighted by atomic mass is 16.2. The minimum atomic E-state index is 0.0746. The fourth-order valence-corrected chi connectivity index (χ4v) is 3.34. The van der Waals surface area contributed by atoms with E-state index in [1.54, 1.807) is 19.3 Å². The highest BCUT2D eigenvalue weighted by molar-refractivity contribution is 5.93. The Bertz CT molecular complexity index is 730. The largest absolute Gasteiger partial charge is 0.362 e. The van der Waals surface area contributed by atoms with Crippen LogP contribution in [0, 0.1) is 12.8 Å². The summed E-state index contributed by atoms with van der Waals surface area (Å²) < 4.78 is 0. The van der Waals surface area contributed by atoms with Gasteiger partial charge in [-0.2, -0.15) is 0 Å². The molecule has 0 saturated carbocycles. The number of benzene rings is 1. The molecule has 3 rings (SSSR count). The van der Waals surface area contributed by atoms with Crippen LogP contribution in [0.25, 0.3) is 0 Å². The minimum Gasteiger partial charge on any atom is -0.362 e. The summed E-state index contributed by atoms with van der Waals surface area (Å²) >= 11 is 0. The molecule has 0 fully saturated rings. The molecule has 1 aromatic heterocycles. The van der Waals surface area contributed by atoms with Gasteiger partial charge < -0.3 is 10.2 Å². The van der Waals surface area contributed by atoms with Crippen molar-refractivity contribution in [1.82, 2.24) is 9.97 Å². The summed E-state index contributed by atoms with van der Waals surface area (Å²) in [6.45, 7) is 7.81. The van der Waals surface area contributed by atoms with E-state index in [-0.39, 0.29) is 23.9 Å². The van der Waals surface area contributed by atoms with E-state index < -0.39 is 0 Å². The summed E-state index contributed by atoms with van der Waals surface area (Å²) in [4.78, 5) is 22.7. The van der Waals surface area contributed by atoms with Crippen LogP contribution in [-0.4, -0.2) is 21.9 Å². The predicted octanol–water partition coefficient (Wildman–Crippen LogP) is 3.33. The lowest BCUT2D eigenvalue weighted by Gasteiger charge is -2.43. The summed E-state index contributed by atoms with van der Waals surface area (Å²) in [6.07, 6.45) is 3.48. The molecule has 120 valence electrons. The summed E-state index contributed by atoms with van der Waals surface area (Å²) in [5.41, 5.74) is 2.98. The Morgan fingerprint density at radius 1 is 1.22 bits per heavy atom. The van der Waals surface area contributed by atoms with E-state index in [4.69, 9.17) is 0 Å². The van der Waals surface area contributed by atoms with E-state index in [1.807, 2.05) is 30.0 Å². The average Bonchev–Trinajstić information content (AvgIpc) is 2.51. The average molecular weight is 310 g/mol. The minimum absolute atomic E-state index is 0.0746. The molecule has 1 aliphatic rings. The second kappa shape index (κ2) is 5.99. The van der Waals surface area contributed by atoms with Gasteiger partial charge in [-0.3, -0.25) is 9.78 Å². The molecule has 2 heterocycles. The zero-order valence-corrected chi connectivity index (χ0v) is 13.9. The fourth-order valence-electron chi connectivity index (χ4n) is 3.34. The molecule has 0 saturated heterocycles. The fraction of sp³-hybridized carbons (Fsp3) is 0.389. The summed E-state index contributed by atoms with van der Waals surface area (Å²) in [7, 11) is 0. The Kier molecular flexibility index (Phi) is 4.03. The standard InChI is InChI=1S/C18H22N4O/c1-11-9-19-10-17(20-11)21-18-12(2)13(3)22(14(4)23)16-8-6-5-7-15(16)18/h5-10,12-13,18H,1-4H3,(H,20,21)/t12?,13-,18?/m0/s1. The van der Waals surface area contributed by atoms with Crippen molar-refractivity contribution in [1.29, 1.82) is 0 Å². The van der Waals surface area contributed by atoms with Gasteiger partial charge in [-0.15, -0.1) is 0 Å². The first-order valence-corrected chi connectivity index (χ1v) is 7.93. The summed E-state index contributed by atoms with van der Waals surface area (Å²) in [5.74, 6) is 1.09.